The van der Waals surface area contributed by atoms with Gasteiger partial charge in [0.25, 0.3) is 5.91 Å². The minimum atomic E-state index is -0.228. The van der Waals surface area contributed by atoms with Crippen molar-refractivity contribution in [1.82, 2.24) is 15.5 Å². The van der Waals surface area contributed by atoms with Crippen LogP contribution in [0.15, 0.2) is 41.1 Å². The van der Waals surface area contributed by atoms with Crippen molar-refractivity contribution >= 4 is 23.2 Å². The van der Waals surface area contributed by atoms with Crippen molar-refractivity contribution in [3.05, 3.63) is 57.8 Å². The molecule has 1 aromatic carbocycles. The SMILES string of the molecule is Cc1ccc(C(CNC(=O)CNC(=O)c2ccsc2)N(C)C)cc1. The fourth-order valence-corrected chi connectivity index (χ4v) is 2.95. The first kappa shape index (κ1) is 18.2. The first-order valence-electron chi connectivity index (χ1n) is 7.77. The Morgan fingerprint density at radius 3 is 2.42 bits per heavy atom. The summed E-state index contributed by atoms with van der Waals surface area (Å²) in [6.45, 7) is 2.51. The van der Waals surface area contributed by atoms with Gasteiger partial charge in [-0.15, -0.1) is 0 Å². The average Bonchev–Trinajstić information content (AvgIpc) is 3.08. The van der Waals surface area contributed by atoms with Crippen LogP contribution < -0.4 is 10.6 Å². The van der Waals surface area contributed by atoms with Crippen molar-refractivity contribution in [2.75, 3.05) is 27.2 Å². The van der Waals surface area contributed by atoms with Crippen LogP contribution in [0.2, 0.25) is 0 Å². The zero-order valence-corrected chi connectivity index (χ0v) is 15.0. The highest BCUT2D eigenvalue weighted by atomic mass is 32.1. The number of hydrogen-bond donors (Lipinski definition) is 2. The molecule has 0 saturated heterocycles. The number of nitrogens with one attached hydrogen (secondary N) is 2. The molecular weight excluding hydrogens is 322 g/mol. The summed E-state index contributed by atoms with van der Waals surface area (Å²) in [5.74, 6) is -0.424. The van der Waals surface area contributed by atoms with Crippen LogP contribution in [0.4, 0.5) is 0 Å². The van der Waals surface area contributed by atoms with E-state index in [4.69, 9.17) is 0 Å². The molecule has 0 aliphatic carbocycles. The number of benzene rings is 1. The number of carbonyl (C=O) groups is 2. The summed E-state index contributed by atoms with van der Waals surface area (Å²) in [6, 6.07) is 10.1. The topological polar surface area (TPSA) is 61.4 Å². The van der Waals surface area contributed by atoms with Gasteiger partial charge in [-0.05, 0) is 38.0 Å². The number of hydrogen-bond acceptors (Lipinski definition) is 4. The summed E-state index contributed by atoms with van der Waals surface area (Å²) in [5.41, 5.74) is 2.93. The van der Waals surface area contributed by atoms with Gasteiger partial charge in [-0.3, -0.25) is 9.59 Å². The number of thiophene rings is 1. The highest BCUT2D eigenvalue weighted by molar-refractivity contribution is 7.08. The summed E-state index contributed by atoms with van der Waals surface area (Å²) in [5, 5.41) is 9.10. The number of aryl methyl sites for hydroxylation is 1. The maximum absolute atomic E-state index is 12.0. The van der Waals surface area contributed by atoms with Gasteiger partial charge in [-0.1, -0.05) is 29.8 Å². The molecule has 2 amide bonds. The van der Waals surface area contributed by atoms with Crippen LogP contribution in [0.25, 0.3) is 0 Å². The molecule has 0 aliphatic heterocycles. The standard InChI is InChI=1S/C18H23N3O2S/c1-13-4-6-14(7-5-13)16(21(2)3)10-19-17(22)11-20-18(23)15-8-9-24-12-15/h4-9,12,16H,10-11H2,1-3H3,(H,19,22)(H,20,23). The van der Waals surface area contributed by atoms with E-state index in [1.807, 2.05) is 26.4 Å². The maximum atomic E-state index is 12.0. The highest BCUT2D eigenvalue weighted by Gasteiger charge is 2.15. The van der Waals surface area contributed by atoms with Gasteiger partial charge in [0.05, 0.1) is 12.6 Å². The third-order valence-corrected chi connectivity index (χ3v) is 4.45. The van der Waals surface area contributed by atoms with Crippen LogP contribution in [0.5, 0.6) is 0 Å². The Hall–Kier alpha value is -2.18. The number of likely N-dealkylation sites (N-methyl/N-ethyl adjacent to an activating group) is 1. The quantitative estimate of drug-likeness (QED) is 0.809. The number of rotatable bonds is 7. The van der Waals surface area contributed by atoms with Crippen molar-refractivity contribution in [1.29, 1.82) is 0 Å². The monoisotopic (exact) mass is 345 g/mol. The Bertz CT molecular complexity index is 666. The molecule has 1 heterocycles. The van der Waals surface area contributed by atoms with Crippen molar-refractivity contribution < 1.29 is 9.59 Å². The lowest BCUT2D eigenvalue weighted by Gasteiger charge is -2.25. The van der Waals surface area contributed by atoms with Crippen molar-refractivity contribution in [2.24, 2.45) is 0 Å². The fraction of sp³-hybridized carbons (Fsp3) is 0.333. The van der Waals surface area contributed by atoms with E-state index in [0.717, 1.165) is 5.56 Å². The van der Waals surface area contributed by atoms with Gasteiger partial charge in [0.1, 0.15) is 0 Å². The van der Waals surface area contributed by atoms with E-state index in [-0.39, 0.29) is 24.4 Å². The summed E-state index contributed by atoms with van der Waals surface area (Å²) in [4.78, 5) is 25.9. The van der Waals surface area contributed by atoms with E-state index >= 15 is 0 Å². The van der Waals surface area contributed by atoms with Crippen LogP contribution in [-0.2, 0) is 4.79 Å². The van der Waals surface area contributed by atoms with Crippen LogP contribution in [0, 0.1) is 6.92 Å². The molecule has 24 heavy (non-hydrogen) atoms. The molecule has 2 N–H and O–H groups in total. The average molecular weight is 345 g/mol. The lowest BCUT2D eigenvalue weighted by atomic mass is 10.0. The molecule has 0 saturated carbocycles. The van der Waals surface area contributed by atoms with E-state index in [1.54, 1.807) is 11.4 Å². The van der Waals surface area contributed by atoms with Crippen LogP contribution in [-0.4, -0.2) is 43.9 Å². The van der Waals surface area contributed by atoms with Gasteiger partial charge >= 0.3 is 0 Å². The summed E-state index contributed by atoms with van der Waals surface area (Å²) in [6.07, 6.45) is 0. The van der Waals surface area contributed by atoms with Crippen molar-refractivity contribution in [3.63, 3.8) is 0 Å². The molecule has 0 bridgehead atoms. The molecule has 1 unspecified atom stereocenters. The van der Waals surface area contributed by atoms with Crippen LogP contribution in [0.3, 0.4) is 0 Å². The van der Waals surface area contributed by atoms with Crippen molar-refractivity contribution in [3.8, 4) is 0 Å². The second-order valence-electron chi connectivity index (χ2n) is 5.89. The smallest absolute Gasteiger partial charge is 0.252 e. The first-order chi connectivity index (χ1) is 11.5. The third kappa shape index (κ3) is 5.18. The Morgan fingerprint density at radius 2 is 1.83 bits per heavy atom. The molecule has 128 valence electrons. The lowest BCUT2D eigenvalue weighted by molar-refractivity contribution is -0.120. The second kappa shape index (κ2) is 8.61. The summed E-state index contributed by atoms with van der Waals surface area (Å²) in [7, 11) is 3.96. The first-order valence-corrected chi connectivity index (χ1v) is 8.71. The Balaban J connectivity index is 1.84. The molecule has 0 radical (unpaired) electrons. The van der Waals surface area contributed by atoms with Gasteiger partial charge in [0, 0.05) is 17.5 Å². The lowest BCUT2D eigenvalue weighted by Crippen LogP contribution is -2.40. The van der Waals surface area contributed by atoms with Gasteiger partial charge in [-0.2, -0.15) is 11.3 Å². The molecule has 1 aromatic heterocycles. The van der Waals surface area contributed by atoms with E-state index in [9.17, 15) is 9.59 Å². The van der Waals surface area contributed by atoms with E-state index in [1.165, 1.54) is 16.9 Å². The normalized spacial score (nSPS) is 12.0. The molecule has 2 rings (SSSR count). The van der Waals surface area contributed by atoms with Crippen molar-refractivity contribution in [2.45, 2.75) is 13.0 Å². The fourth-order valence-electron chi connectivity index (χ4n) is 2.32. The van der Waals surface area contributed by atoms with E-state index < -0.39 is 0 Å². The molecule has 1 atom stereocenters. The Labute approximate surface area is 146 Å². The molecule has 0 aliphatic rings. The Kier molecular flexibility index (Phi) is 6.52. The van der Waals surface area contributed by atoms with Gasteiger partial charge < -0.3 is 15.5 Å². The highest BCUT2D eigenvalue weighted by Crippen LogP contribution is 2.17. The number of amides is 2. The summed E-state index contributed by atoms with van der Waals surface area (Å²) < 4.78 is 0. The second-order valence-corrected chi connectivity index (χ2v) is 6.67. The Morgan fingerprint density at radius 1 is 1.12 bits per heavy atom. The zero-order chi connectivity index (χ0) is 17.5. The number of carbonyl (C=O) groups excluding carboxylic acids is 2. The predicted molar refractivity (Wildman–Crippen MR) is 97.3 cm³/mol. The molecule has 0 fully saturated rings. The van der Waals surface area contributed by atoms with Gasteiger partial charge in [-0.25, -0.2) is 0 Å². The largest absolute Gasteiger partial charge is 0.353 e. The summed E-state index contributed by atoms with van der Waals surface area (Å²) >= 11 is 1.45. The zero-order valence-electron chi connectivity index (χ0n) is 14.2. The number of nitrogens with zero attached hydrogens (tertiary/aromatic N) is 1. The molecule has 5 nitrogen and oxygen atoms in total. The molecule has 2 aromatic rings. The maximum Gasteiger partial charge on any atom is 0.252 e. The molecule has 0 spiro atoms. The molecule has 6 heteroatoms. The minimum Gasteiger partial charge on any atom is -0.353 e. The van der Waals surface area contributed by atoms with E-state index in [2.05, 4.69) is 39.8 Å². The van der Waals surface area contributed by atoms with Crippen LogP contribution in [0.1, 0.15) is 27.5 Å². The van der Waals surface area contributed by atoms with Gasteiger partial charge in [0.15, 0.2) is 0 Å². The minimum absolute atomic E-state index is 0.0251. The van der Waals surface area contributed by atoms with Crippen LogP contribution >= 0.6 is 11.3 Å². The third-order valence-electron chi connectivity index (χ3n) is 3.77. The van der Waals surface area contributed by atoms with Gasteiger partial charge in [0.2, 0.25) is 5.91 Å². The van der Waals surface area contributed by atoms with E-state index in [0.29, 0.717) is 12.1 Å². The predicted octanol–water partition coefficient (Wildman–Crippen LogP) is 2.21. The molecular formula is C18H23N3O2S.